The van der Waals surface area contributed by atoms with Gasteiger partial charge in [0.25, 0.3) is 5.91 Å². The molecular formula is C27H39N3O4S. The molecule has 1 N–H and O–H groups in total. The van der Waals surface area contributed by atoms with Crippen molar-refractivity contribution in [2.24, 2.45) is 5.41 Å². The molecule has 0 saturated carbocycles. The predicted octanol–water partition coefficient (Wildman–Crippen LogP) is 2.94. The SMILES string of the molecule is CCN1CCC(c2ccc(C(=O)NC(C(=O)N3C[C@H](SC)[C@H]4OCC(=O)[C@H]43)C(C)(C)C)cc2)CC1. The number of ketones is 1. The van der Waals surface area contributed by atoms with E-state index < -0.39 is 17.5 Å². The average molecular weight is 502 g/mol. The van der Waals surface area contributed by atoms with Crippen molar-refractivity contribution in [2.45, 2.75) is 69.9 Å². The predicted molar refractivity (Wildman–Crippen MR) is 139 cm³/mol. The maximum absolute atomic E-state index is 13.7. The van der Waals surface area contributed by atoms with Crippen molar-refractivity contribution in [1.82, 2.24) is 15.1 Å². The highest BCUT2D eigenvalue weighted by Crippen LogP contribution is 2.35. The van der Waals surface area contributed by atoms with Crippen LogP contribution in [-0.2, 0) is 14.3 Å². The highest BCUT2D eigenvalue weighted by atomic mass is 32.2. The Labute approximate surface area is 213 Å². The van der Waals surface area contributed by atoms with Crippen molar-refractivity contribution in [3.05, 3.63) is 35.4 Å². The van der Waals surface area contributed by atoms with Gasteiger partial charge in [0.05, 0.1) is 11.4 Å². The molecule has 2 amide bonds. The standard InChI is InChI=1S/C27H39N3O4S/c1-6-29-13-11-18(12-14-29)17-7-9-19(10-8-17)25(32)28-24(27(2,3)4)26(33)30-15-21(35-5)23-22(30)20(31)16-34-23/h7-10,18,21-24H,6,11-16H2,1-5H3,(H,28,32)/t21-,22+,23+,24?/m0/s1. The number of likely N-dealkylation sites (tertiary alicyclic amines) is 2. The number of carbonyl (C=O) groups excluding carboxylic acids is 3. The van der Waals surface area contributed by atoms with E-state index in [9.17, 15) is 14.4 Å². The third-order valence-electron chi connectivity index (χ3n) is 7.79. The van der Waals surface area contributed by atoms with E-state index in [1.165, 1.54) is 5.56 Å². The van der Waals surface area contributed by atoms with E-state index in [4.69, 9.17) is 4.74 Å². The molecule has 7 nitrogen and oxygen atoms in total. The zero-order valence-electron chi connectivity index (χ0n) is 21.6. The second-order valence-corrected chi connectivity index (χ2v) is 12.1. The first-order chi connectivity index (χ1) is 16.6. The van der Waals surface area contributed by atoms with E-state index in [-0.39, 0.29) is 35.6 Å². The number of ether oxygens (including phenoxy) is 1. The lowest BCUT2D eigenvalue weighted by Gasteiger charge is -2.35. The van der Waals surface area contributed by atoms with Crippen LogP contribution in [0.4, 0.5) is 0 Å². The second-order valence-electron chi connectivity index (χ2n) is 11.1. The molecule has 4 rings (SSSR count). The van der Waals surface area contributed by atoms with Gasteiger partial charge >= 0.3 is 0 Å². The summed E-state index contributed by atoms with van der Waals surface area (Å²) in [6, 6.07) is 6.54. The van der Waals surface area contributed by atoms with Gasteiger partial charge in [0.15, 0.2) is 5.78 Å². The van der Waals surface area contributed by atoms with E-state index in [1.54, 1.807) is 16.7 Å². The highest BCUT2D eigenvalue weighted by Gasteiger charge is 2.53. The lowest BCUT2D eigenvalue weighted by molar-refractivity contribution is -0.140. The van der Waals surface area contributed by atoms with E-state index in [0.717, 1.165) is 32.5 Å². The van der Waals surface area contributed by atoms with E-state index in [1.807, 2.05) is 39.2 Å². The first kappa shape index (κ1) is 26.2. The molecule has 0 bridgehead atoms. The van der Waals surface area contributed by atoms with Crippen LogP contribution in [0.5, 0.6) is 0 Å². The molecule has 3 aliphatic heterocycles. The lowest BCUT2D eigenvalue weighted by atomic mass is 9.85. The molecule has 3 heterocycles. The molecular weight excluding hydrogens is 462 g/mol. The maximum Gasteiger partial charge on any atom is 0.251 e. The molecule has 0 aliphatic carbocycles. The number of Topliss-reactive ketones (excluding diaryl/α,β-unsaturated/α-hetero) is 1. The van der Waals surface area contributed by atoms with Crippen molar-refractivity contribution in [1.29, 1.82) is 0 Å². The molecule has 0 radical (unpaired) electrons. The largest absolute Gasteiger partial charge is 0.367 e. The summed E-state index contributed by atoms with van der Waals surface area (Å²) in [5.74, 6) is -0.0101. The van der Waals surface area contributed by atoms with Crippen LogP contribution in [0.1, 0.15) is 62.4 Å². The summed E-state index contributed by atoms with van der Waals surface area (Å²) in [5, 5.41) is 3.05. The van der Waals surface area contributed by atoms with Crippen molar-refractivity contribution in [3.8, 4) is 0 Å². The fourth-order valence-electron chi connectivity index (χ4n) is 5.57. The quantitative estimate of drug-likeness (QED) is 0.646. The van der Waals surface area contributed by atoms with Crippen LogP contribution in [0.25, 0.3) is 0 Å². The highest BCUT2D eigenvalue weighted by molar-refractivity contribution is 7.99. The Hall–Kier alpha value is -1.90. The monoisotopic (exact) mass is 501 g/mol. The molecule has 0 aromatic heterocycles. The molecule has 1 unspecified atom stereocenters. The zero-order valence-corrected chi connectivity index (χ0v) is 22.4. The Kier molecular flexibility index (Phi) is 7.93. The van der Waals surface area contributed by atoms with Gasteiger partial charge in [-0.3, -0.25) is 14.4 Å². The number of nitrogens with one attached hydrogen (secondary N) is 1. The Morgan fingerprint density at radius 2 is 1.83 bits per heavy atom. The first-order valence-electron chi connectivity index (χ1n) is 12.7. The molecule has 8 heteroatoms. The number of thioether (sulfide) groups is 1. The number of nitrogens with zero attached hydrogens (tertiary/aromatic N) is 2. The van der Waals surface area contributed by atoms with Crippen molar-refractivity contribution < 1.29 is 19.1 Å². The lowest BCUT2D eigenvalue weighted by Crippen LogP contribution is -2.57. The average Bonchev–Trinajstić information content (AvgIpc) is 3.41. The van der Waals surface area contributed by atoms with Crippen LogP contribution < -0.4 is 5.32 Å². The molecule has 3 aliphatic rings. The molecule has 4 atom stereocenters. The number of benzene rings is 1. The molecule has 1 aromatic carbocycles. The Bertz CT molecular complexity index is 937. The fraction of sp³-hybridized carbons (Fsp3) is 0.667. The summed E-state index contributed by atoms with van der Waals surface area (Å²) in [7, 11) is 0. The van der Waals surface area contributed by atoms with Gasteiger partial charge in [-0.05, 0) is 67.8 Å². The van der Waals surface area contributed by atoms with Crippen LogP contribution in [0, 0.1) is 5.41 Å². The minimum Gasteiger partial charge on any atom is -0.367 e. The van der Waals surface area contributed by atoms with Crippen LogP contribution in [0.2, 0.25) is 0 Å². The van der Waals surface area contributed by atoms with Gasteiger partial charge in [-0.15, -0.1) is 0 Å². The molecule has 3 fully saturated rings. The Morgan fingerprint density at radius 3 is 2.40 bits per heavy atom. The second kappa shape index (κ2) is 10.6. The third kappa shape index (κ3) is 5.44. The number of rotatable bonds is 6. The molecule has 3 saturated heterocycles. The third-order valence-corrected chi connectivity index (χ3v) is 8.81. The van der Waals surface area contributed by atoms with E-state index >= 15 is 0 Å². The molecule has 35 heavy (non-hydrogen) atoms. The number of hydrogen-bond acceptors (Lipinski definition) is 6. The first-order valence-corrected chi connectivity index (χ1v) is 14.0. The van der Waals surface area contributed by atoms with Crippen LogP contribution in [-0.4, -0.2) is 89.9 Å². The smallest absolute Gasteiger partial charge is 0.251 e. The molecule has 192 valence electrons. The van der Waals surface area contributed by atoms with Crippen molar-refractivity contribution in [2.75, 3.05) is 39.0 Å². The number of piperidine rings is 1. The zero-order chi connectivity index (χ0) is 25.3. The summed E-state index contributed by atoms with van der Waals surface area (Å²) in [4.78, 5) is 43.6. The summed E-state index contributed by atoms with van der Waals surface area (Å²) in [6.45, 7) is 11.8. The van der Waals surface area contributed by atoms with Gasteiger partial charge in [0.2, 0.25) is 5.91 Å². The van der Waals surface area contributed by atoms with Gasteiger partial charge < -0.3 is 19.9 Å². The Balaban J connectivity index is 1.46. The van der Waals surface area contributed by atoms with Crippen LogP contribution >= 0.6 is 11.8 Å². The van der Waals surface area contributed by atoms with Gasteiger partial charge in [0, 0.05) is 12.1 Å². The number of hydrogen-bond donors (Lipinski definition) is 1. The van der Waals surface area contributed by atoms with Gasteiger partial charge in [-0.2, -0.15) is 11.8 Å². The normalized spacial score (nSPS) is 26.6. The topological polar surface area (TPSA) is 79.0 Å². The van der Waals surface area contributed by atoms with Gasteiger partial charge in [-0.25, -0.2) is 0 Å². The van der Waals surface area contributed by atoms with Gasteiger partial charge in [-0.1, -0.05) is 39.8 Å². The molecule has 0 spiro atoms. The fourth-order valence-corrected chi connectivity index (χ4v) is 6.37. The van der Waals surface area contributed by atoms with Crippen LogP contribution in [0.3, 0.4) is 0 Å². The number of amides is 2. The summed E-state index contributed by atoms with van der Waals surface area (Å²) in [5.41, 5.74) is 1.30. The molecule has 1 aromatic rings. The van der Waals surface area contributed by atoms with E-state index in [0.29, 0.717) is 18.0 Å². The summed E-state index contributed by atoms with van der Waals surface area (Å²) >= 11 is 1.62. The van der Waals surface area contributed by atoms with Gasteiger partial charge in [0.1, 0.15) is 18.7 Å². The van der Waals surface area contributed by atoms with Crippen LogP contribution in [0.15, 0.2) is 24.3 Å². The summed E-state index contributed by atoms with van der Waals surface area (Å²) < 4.78 is 5.71. The van der Waals surface area contributed by atoms with Crippen molar-refractivity contribution >= 4 is 29.4 Å². The maximum atomic E-state index is 13.7. The summed E-state index contributed by atoms with van der Waals surface area (Å²) in [6.07, 6.45) is 3.98. The van der Waals surface area contributed by atoms with Crippen molar-refractivity contribution in [3.63, 3.8) is 0 Å². The Morgan fingerprint density at radius 1 is 1.17 bits per heavy atom. The van der Waals surface area contributed by atoms with E-state index in [2.05, 4.69) is 29.3 Å². The number of carbonyl (C=O) groups is 3. The minimum atomic E-state index is -0.747. The minimum absolute atomic E-state index is 0.0482. The number of fused-ring (bicyclic) bond motifs is 1.